The molecule has 0 unspecified atom stereocenters. The number of rotatable bonds is 8. The van der Waals surface area contributed by atoms with Crippen LogP contribution < -0.4 is 4.90 Å². The van der Waals surface area contributed by atoms with Gasteiger partial charge in [0, 0.05) is 47.9 Å². The Morgan fingerprint density at radius 2 is 1.70 bits per heavy atom. The van der Waals surface area contributed by atoms with Crippen molar-refractivity contribution in [2.45, 2.75) is 39.4 Å². The fourth-order valence-corrected chi connectivity index (χ4v) is 3.95. The van der Waals surface area contributed by atoms with E-state index >= 15 is 4.39 Å². The molecule has 0 saturated carbocycles. The Labute approximate surface area is 212 Å². The molecule has 2 aromatic carbocycles. The minimum atomic E-state index is -4.50. The average Bonchev–Trinajstić information content (AvgIpc) is 3.34. The number of nitrogens with zero attached hydrogens (tertiary/aromatic N) is 4. The van der Waals surface area contributed by atoms with Gasteiger partial charge in [0.25, 0.3) is 6.43 Å². The molecule has 37 heavy (non-hydrogen) atoms. The van der Waals surface area contributed by atoms with Gasteiger partial charge in [0.1, 0.15) is 17.2 Å². The predicted octanol–water partition coefficient (Wildman–Crippen LogP) is 7.19. The zero-order valence-electron chi connectivity index (χ0n) is 20.6. The first-order valence-corrected chi connectivity index (χ1v) is 11.8. The van der Waals surface area contributed by atoms with Crippen molar-refractivity contribution < 1.29 is 26.3 Å². The molecule has 0 amide bonds. The Kier molecular flexibility index (Phi) is 8.83. The monoisotopic (exact) mass is 522 g/mol. The molecule has 1 saturated heterocycles. The highest BCUT2D eigenvalue weighted by atomic mass is 19.4. The number of anilines is 1. The molecule has 0 spiro atoms. The second-order valence-corrected chi connectivity index (χ2v) is 8.38. The van der Waals surface area contributed by atoms with E-state index in [1.165, 1.54) is 12.1 Å². The van der Waals surface area contributed by atoms with Crippen LogP contribution in [0, 0.1) is 11.7 Å². The molecule has 2 aliphatic rings. The maximum Gasteiger partial charge on any atom is 0.430 e. The fraction of sp³-hybridized carbons (Fsp3) is 0.333. The highest BCUT2D eigenvalue weighted by molar-refractivity contribution is 6.15. The standard InChI is InChI=1S/C25H22F6N4.C2H6/c1-15(19-12-34(13-19)16(2)25(29,30)31)35(20-6-4-3-5-7-20)14-18-9-8-17(10-21(18)26)22-11-23(24(27)28)33-32-22;1-2/h3-10,19,24H,1-2,11-14H2;1-2H3. The largest absolute Gasteiger partial charge is 0.430 e. The Hall–Kier alpha value is -3.56. The Bertz CT molecular complexity index is 1180. The highest BCUT2D eigenvalue weighted by Gasteiger charge is 2.42. The molecule has 4 rings (SSSR count). The number of likely N-dealkylation sites (tertiary alicyclic amines) is 1. The number of allylic oxidation sites excluding steroid dienone is 1. The summed E-state index contributed by atoms with van der Waals surface area (Å²) in [4.78, 5) is 2.91. The van der Waals surface area contributed by atoms with Crippen LogP contribution in [0.2, 0.25) is 0 Å². The molecule has 0 aromatic heterocycles. The quantitative estimate of drug-likeness (QED) is 0.344. The predicted molar refractivity (Wildman–Crippen MR) is 134 cm³/mol. The summed E-state index contributed by atoms with van der Waals surface area (Å²) in [6.07, 6.45) is -7.37. The van der Waals surface area contributed by atoms with E-state index in [0.717, 1.165) is 4.90 Å². The van der Waals surface area contributed by atoms with Gasteiger partial charge in [-0.3, -0.25) is 0 Å². The maximum absolute atomic E-state index is 15.1. The minimum absolute atomic E-state index is 0.0803. The lowest BCUT2D eigenvalue weighted by Crippen LogP contribution is -2.51. The molecule has 2 heterocycles. The van der Waals surface area contributed by atoms with Gasteiger partial charge in [0.2, 0.25) is 0 Å². The lowest BCUT2D eigenvalue weighted by atomic mass is 9.94. The number of alkyl halides is 5. The Morgan fingerprint density at radius 3 is 2.24 bits per heavy atom. The summed E-state index contributed by atoms with van der Waals surface area (Å²) >= 11 is 0. The first-order chi connectivity index (χ1) is 17.5. The van der Waals surface area contributed by atoms with Crippen LogP contribution in [0.5, 0.6) is 0 Å². The van der Waals surface area contributed by atoms with Crippen molar-refractivity contribution in [3.8, 4) is 0 Å². The third kappa shape index (κ3) is 6.42. The number of benzene rings is 2. The van der Waals surface area contributed by atoms with Gasteiger partial charge in [0.05, 0.1) is 12.3 Å². The van der Waals surface area contributed by atoms with Crippen molar-refractivity contribution in [1.82, 2.24) is 4.90 Å². The van der Waals surface area contributed by atoms with Gasteiger partial charge in [-0.15, -0.1) is 0 Å². The summed E-state index contributed by atoms with van der Waals surface area (Å²) in [5.74, 6) is -0.834. The van der Waals surface area contributed by atoms with Crippen LogP contribution in [0.4, 0.5) is 32.0 Å². The molecule has 1 fully saturated rings. The number of hydrogen-bond donors (Lipinski definition) is 0. The fourth-order valence-electron chi connectivity index (χ4n) is 3.95. The van der Waals surface area contributed by atoms with E-state index in [1.807, 2.05) is 19.9 Å². The van der Waals surface area contributed by atoms with E-state index in [1.54, 1.807) is 35.2 Å². The molecular formula is C27H28F6N4. The van der Waals surface area contributed by atoms with Gasteiger partial charge < -0.3 is 9.80 Å². The van der Waals surface area contributed by atoms with Crippen LogP contribution in [-0.4, -0.2) is 42.0 Å². The van der Waals surface area contributed by atoms with Crippen LogP contribution in [0.25, 0.3) is 0 Å². The van der Waals surface area contributed by atoms with Crippen molar-refractivity contribution in [3.05, 3.63) is 90.0 Å². The Balaban J connectivity index is 0.00000186. The van der Waals surface area contributed by atoms with Crippen LogP contribution in [0.15, 0.2) is 83.3 Å². The van der Waals surface area contributed by atoms with Crippen molar-refractivity contribution >= 4 is 17.1 Å². The molecule has 2 aromatic rings. The molecular weight excluding hydrogens is 494 g/mol. The van der Waals surface area contributed by atoms with Crippen LogP contribution in [0.1, 0.15) is 31.4 Å². The van der Waals surface area contributed by atoms with Gasteiger partial charge in [-0.25, -0.2) is 13.2 Å². The van der Waals surface area contributed by atoms with Gasteiger partial charge in [-0.2, -0.15) is 23.4 Å². The molecule has 10 heteroatoms. The summed E-state index contributed by atoms with van der Waals surface area (Å²) < 4.78 is 79.5. The molecule has 0 radical (unpaired) electrons. The van der Waals surface area contributed by atoms with E-state index in [-0.39, 0.29) is 43.4 Å². The van der Waals surface area contributed by atoms with E-state index in [0.29, 0.717) is 22.5 Å². The van der Waals surface area contributed by atoms with Crippen LogP contribution >= 0.6 is 0 Å². The van der Waals surface area contributed by atoms with Gasteiger partial charge in [-0.1, -0.05) is 57.3 Å². The number of hydrogen-bond acceptors (Lipinski definition) is 4. The van der Waals surface area contributed by atoms with Gasteiger partial charge in [-0.05, 0) is 18.2 Å². The maximum atomic E-state index is 15.1. The van der Waals surface area contributed by atoms with Crippen molar-refractivity contribution in [2.75, 3.05) is 18.0 Å². The lowest BCUT2D eigenvalue weighted by molar-refractivity contribution is -0.119. The zero-order chi connectivity index (χ0) is 27.3. The second kappa shape index (κ2) is 11.7. The average molecular weight is 523 g/mol. The normalized spacial score (nSPS) is 15.4. The third-order valence-electron chi connectivity index (χ3n) is 6.09. The summed E-state index contributed by atoms with van der Waals surface area (Å²) in [5, 5.41) is 7.20. The van der Waals surface area contributed by atoms with E-state index in [2.05, 4.69) is 23.4 Å². The highest BCUT2D eigenvalue weighted by Crippen LogP contribution is 2.36. The Morgan fingerprint density at radius 1 is 1.05 bits per heavy atom. The molecule has 0 bridgehead atoms. The summed E-state index contributed by atoms with van der Waals surface area (Å²) in [5.41, 5.74) is 0.932. The number of halogens is 6. The van der Waals surface area contributed by atoms with E-state index < -0.39 is 24.1 Å². The first kappa shape index (κ1) is 28.0. The summed E-state index contributed by atoms with van der Waals surface area (Å²) in [7, 11) is 0. The van der Waals surface area contributed by atoms with Crippen molar-refractivity contribution in [1.29, 1.82) is 0 Å². The topological polar surface area (TPSA) is 31.2 Å². The molecule has 0 N–H and O–H groups in total. The molecule has 4 nitrogen and oxygen atoms in total. The summed E-state index contributed by atoms with van der Waals surface area (Å²) in [6.45, 7) is 11.5. The smallest absolute Gasteiger partial charge is 0.367 e. The second-order valence-electron chi connectivity index (χ2n) is 8.38. The molecule has 198 valence electrons. The first-order valence-electron chi connectivity index (χ1n) is 11.8. The molecule has 0 atom stereocenters. The third-order valence-corrected chi connectivity index (χ3v) is 6.09. The van der Waals surface area contributed by atoms with Crippen LogP contribution in [-0.2, 0) is 6.54 Å². The number of para-hydroxylation sites is 1. The van der Waals surface area contributed by atoms with Crippen molar-refractivity contribution in [2.24, 2.45) is 16.1 Å². The SMILES string of the molecule is C=C(C1CN(C(=C)C(F)(F)F)C1)N(Cc1ccc(C2=NN=C(C(F)F)C2)cc1F)c1ccccc1.CC. The summed E-state index contributed by atoms with van der Waals surface area (Å²) in [6, 6.07) is 13.4. The van der Waals surface area contributed by atoms with Gasteiger partial charge >= 0.3 is 6.18 Å². The molecule has 2 aliphatic heterocycles. The van der Waals surface area contributed by atoms with Crippen LogP contribution in [0.3, 0.4) is 0 Å². The lowest BCUT2D eigenvalue weighted by Gasteiger charge is -2.45. The van der Waals surface area contributed by atoms with E-state index in [9.17, 15) is 22.0 Å². The minimum Gasteiger partial charge on any atom is -0.367 e. The van der Waals surface area contributed by atoms with E-state index in [4.69, 9.17) is 0 Å². The van der Waals surface area contributed by atoms with Gasteiger partial charge in [0.15, 0.2) is 0 Å². The van der Waals surface area contributed by atoms with Crippen molar-refractivity contribution in [3.63, 3.8) is 0 Å². The zero-order valence-corrected chi connectivity index (χ0v) is 20.6. The molecule has 0 aliphatic carbocycles.